The molecule has 0 bridgehead atoms. The summed E-state index contributed by atoms with van der Waals surface area (Å²) >= 11 is 0. The molecule has 0 aliphatic heterocycles. The zero-order valence-corrected chi connectivity index (χ0v) is 21.5. The van der Waals surface area contributed by atoms with Crippen LogP contribution < -0.4 is 9.73 Å². The number of halogens is 1. The van der Waals surface area contributed by atoms with Gasteiger partial charge in [0.2, 0.25) is 0 Å². The lowest BCUT2D eigenvalue weighted by Crippen LogP contribution is -2.39. The Balaban J connectivity index is 1.55. The van der Waals surface area contributed by atoms with E-state index in [0.717, 1.165) is 44.6 Å². The number of amides is 1. The van der Waals surface area contributed by atoms with Gasteiger partial charge in [-0.2, -0.15) is 5.10 Å². The summed E-state index contributed by atoms with van der Waals surface area (Å²) in [5.41, 5.74) is 7.45. The van der Waals surface area contributed by atoms with E-state index in [1.165, 1.54) is 18.3 Å². The topological polar surface area (TPSA) is 83.8 Å². The van der Waals surface area contributed by atoms with Crippen LogP contribution in [0.3, 0.4) is 0 Å². The van der Waals surface area contributed by atoms with Gasteiger partial charge in [0.05, 0.1) is 16.8 Å². The molecule has 37 heavy (non-hydrogen) atoms. The lowest BCUT2D eigenvalue weighted by atomic mass is 10.2. The van der Waals surface area contributed by atoms with Crippen LogP contribution in [0.4, 0.5) is 10.1 Å². The predicted molar refractivity (Wildman–Crippen MR) is 143 cm³/mol. The van der Waals surface area contributed by atoms with Crippen molar-refractivity contribution in [2.75, 3.05) is 10.8 Å². The molecule has 4 aromatic rings. The zero-order chi connectivity index (χ0) is 26.6. The van der Waals surface area contributed by atoms with Crippen LogP contribution in [0.2, 0.25) is 0 Å². The van der Waals surface area contributed by atoms with Crippen LogP contribution in [0.5, 0.6) is 0 Å². The van der Waals surface area contributed by atoms with Gasteiger partial charge in [0.25, 0.3) is 15.9 Å². The number of hydrogen-bond donors (Lipinski definition) is 1. The minimum absolute atomic E-state index is 0.126. The van der Waals surface area contributed by atoms with E-state index < -0.39 is 28.3 Å². The molecular weight excluding hydrogens is 491 g/mol. The number of nitrogens with zero attached hydrogens (tertiary/aromatic N) is 3. The smallest absolute Gasteiger partial charge is 0.264 e. The van der Waals surface area contributed by atoms with Crippen molar-refractivity contribution in [3.05, 3.63) is 113 Å². The van der Waals surface area contributed by atoms with Gasteiger partial charge in [-0.3, -0.25) is 9.10 Å². The quantitative estimate of drug-likeness (QED) is 0.266. The Bertz CT molecular complexity index is 1530. The summed E-state index contributed by atoms with van der Waals surface area (Å²) in [4.78, 5) is 12.7. The summed E-state index contributed by atoms with van der Waals surface area (Å²) in [6, 6.07) is 23.0. The number of nitrogens with one attached hydrogen (secondary N) is 1. The van der Waals surface area contributed by atoms with Crippen LogP contribution >= 0.6 is 0 Å². The molecule has 1 N–H and O–H groups in total. The molecule has 190 valence electrons. The zero-order valence-electron chi connectivity index (χ0n) is 20.7. The molecule has 7 nitrogen and oxygen atoms in total. The fraction of sp³-hybridized carbons (Fsp3) is 0.143. The number of carbonyl (C=O) groups is 1. The van der Waals surface area contributed by atoms with E-state index in [1.54, 1.807) is 24.3 Å². The van der Waals surface area contributed by atoms with E-state index in [-0.39, 0.29) is 4.90 Å². The van der Waals surface area contributed by atoms with Crippen LogP contribution in [0.15, 0.2) is 94.9 Å². The highest BCUT2D eigenvalue weighted by molar-refractivity contribution is 7.92. The highest BCUT2D eigenvalue weighted by Crippen LogP contribution is 2.24. The van der Waals surface area contributed by atoms with Crippen molar-refractivity contribution in [3.63, 3.8) is 0 Å². The van der Waals surface area contributed by atoms with E-state index in [1.807, 2.05) is 57.2 Å². The van der Waals surface area contributed by atoms with E-state index in [0.29, 0.717) is 5.69 Å². The number of carbonyl (C=O) groups excluding carboxylic acids is 1. The molecule has 1 heterocycles. The van der Waals surface area contributed by atoms with Crippen LogP contribution in [0, 0.1) is 26.6 Å². The first kappa shape index (κ1) is 25.8. The van der Waals surface area contributed by atoms with Gasteiger partial charge in [-0.05, 0) is 75.4 Å². The molecule has 0 saturated carbocycles. The Labute approximate surface area is 215 Å². The summed E-state index contributed by atoms with van der Waals surface area (Å²) in [5.74, 6) is -1.18. The number of rotatable bonds is 8. The molecular formula is C28H27FN4O3S. The average molecular weight is 519 g/mol. The molecule has 0 aliphatic rings. The first-order valence-electron chi connectivity index (χ1n) is 11.6. The first-order valence-corrected chi connectivity index (χ1v) is 13.0. The van der Waals surface area contributed by atoms with Crippen molar-refractivity contribution >= 4 is 27.8 Å². The molecule has 4 rings (SSSR count). The molecule has 1 amide bonds. The number of hydrazone groups is 1. The Morgan fingerprint density at radius 2 is 1.62 bits per heavy atom. The number of sulfonamides is 1. The monoisotopic (exact) mass is 518 g/mol. The number of benzene rings is 3. The van der Waals surface area contributed by atoms with Crippen molar-refractivity contribution in [3.8, 4) is 5.69 Å². The Hall–Kier alpha value is -4.24. The second-order valence-electron chi connectivity index (χ2n) is 8.59. The second kappa shape index (κ2) is 10.8. The minimum atomic E-state index is -4.15. The van der Waals surface area contributed by atoms with E-state index in [9.17, 15) is 17.6 Å². The summed E-state index contributed by atoms with van der Waals surface area (Å²) in [7, 11) is -4.15. The van der Waals surface area contributed by atoms with Gasteiger partial charge in [0.1, 0.15) is 12.4 Å². The minimum Gasteiger partial charge on any atom is -0.318 e. The van der Waals surface area contributed by atoms with Gasteiger partial charge >= 0.3 is 0 Å². The molecule has 9 heteroatoms. The van der Waals surface area contributed by atoms with Crippen LogP contribution in [-0.4, -0.2) is 31.7 Å². The molecule has 0 radical (unpaired) electrons. The number of hydrogen-bond acceptors (Lipinski definition) is 4. The summed E-state index contributed by atoms with van der Waals surface area (Å²) in [6.07, 6.45) is 1.53. The summed E-state index contributed by atoms with van der Waals surface area (Å²) < 4.78 is 43.2. The highest BCUT2D eigenvalue weighted by Gasteiger charge is 2.27. The molecule has 0 fully saturated rings. The van der Waals surface area contributed by atoms with Crippen LogP contribution in [0.25, 0.3) is 5.69 Å². The van der Waals surface area contributed by atoms with Crippen molar-refractivity contribution in [2.24, 2.45) is 5.10 Å². The van der Waals surface area contributed by atoms with E-state index in [2.05, 4.69) is 15.1 Å². The first-order chi connectivity index (χ1) is 17.7. The van der Waals surface area contributed by atoms with Crippen molar-refractivity contribution in [1.82, 2.24) is 9.99 Å². The van der Waals surface area contributed by atoms with Gasteiger partial charge in [-0.25, -0.2) is 18.2 Å². The predicted octanol–water partition coefficient (Wildman–Crippen LogP) is 4.89. The van der Waals surface area contributed by atoms with Gasteiger partial charge in [-0.15, -0.1) is 0 Å². The van der Waals surface area contributed by atoms with Crippen molar-refractivity contribution < 1.29 is 17.6 Å². The standard InChI is InChI=1S/C28H27FN4O3S/c1-20-9-13-25(14-10-20)32(37(35,36)27-15-11-24(29)12-16-27)19-28(34)31-30-18-23-17-21(2)33(22(23)3)26-7-5-4-6-8-26/h4-18H,19H2,1-3H3,(H,31,34)/b30-18+. The molecule has 0 aliphatic carbocycles. The molecule has 0 saturated heterocycles. The fourth-order valence-corrected chi connectivity index (χ4v) is 5.41. The van der Waals surface area contributed by atoms with E-state index in [4.69, 9.17) is 0 Å². The third kappa shape index (κ3) is 5.78. The lowest BCUT2D eigenvalue weighted by Gasteiger charge is -2.23. The second-order valence-corrected chi connectivity index (χ2v) is 10.5. The Morgan fingerprint density at radius 3 is 2.27 bits per heavy atom. The molecule has 0 atom stereocenters. The third-order valence-corrected chi connectivity index (χ3v) is 7.68. The van der Waals surface area contributed by atoms with Crippen LogP contribution in [-0.2, 0) is 14.8 Å². The van der Waals surface area contributed by atoms with Gasteiger partial charge < -0.3 is 4.57 Å². The lowest BCUT2D eigenvalue weighted by molar-refractivity contribution is -0.119. The van der Waals surface area contributed by atoms with Gasteiger partial charge in [0.15, 0.2) is 0 Å². The fourth-order valence-electron chi connectivity index (χ4n) is 3.99. The maximum absolute atomic E-state index is 13.4. The van der Waals surface area contributed by atoms with Crippen molar-refractivity contribution in [2.45, 2.75) is 25.7 Å². The molecule has 0 unspecified atom stereocenters. The number of anilines is 1. The molecule has 1 aromatic heterocycles. The number of para-hydroxylation sites is 1. The van der Waals surface area contributed by atoms with Gasteiger partial charge in [0, 0.05) is 22.6 Å². The largest absolute Gasteiger partial charge is 0.318 e. The van der Waals surface area contributed by atoms with E-state index >= 15 is 0 Å². The van der Waals surface area contributed by atoms with Gasteiger partial charge in [-0.1, -0.05) is 35.9 Å². The maximum atomic E-state index is 13.4. The average Bonchev–Trinajstić information content (AvgIpc) is 3.16. The molecule has 0 spiro atoms. The third-order valence-electron chi connectivity index (χ3n) is 5.89. The summed E-state index contributed by atoms with van der Waals surface area (Å²) in [6.45, 7) is 5.30. The summed E-state index contributed by atoms with van der Waals surface area (Å²) in [5, 5.41) is 4.07. The SMILES string of the molecule is Cc1ccc(N(CC(=O)N/N=C/c2cc(C)n(-c3ccccc3)c2C)S(=O)(=O)c2ccc(F)cc2)cc1. The molecule has 3 aromatic carbocycles. The van der Waals surface area contributed by atoms with Crippen LogP contribution in [0.1, 0.15) is 22.5 Å². The Morgan fingerprint density at radius 1 is 0.973 bits per heavy atom. The normalized spacial score (nSPS) is 11.6. The van der Waals surface area contributed by atoms with Crippen molar-refractivity contribution in [1.29, 1.82) is 0 Å². The highest BCUT2D eigenvalue weighted by atomic mass is 32.2. The maximum Gasteiger partial charge on any atom is 0.264 e. The number of aromatic nitrogens is 1. The number of aryl methyl sites for hydroxylation is 2. The Kier molecular flexibility index (Phi) is 7.54.